The van der Waals surface area contributed by atoms with E-state index < -0.39 is 23.4 Å². The zero-order valence-electron chi connectivity index (χ0n) is 31.8. The Bertz CT molecular complexity index is 933. The maximum atomic E-state index is 13.3. The van der Waals surface area contributed by atoms with Gasteiger partial charge in [0.25, 0.3) is 0 Å². The normalized spacial score (nSPS) is 15.8. The molecule has 0 aliphatic heterocycles. The predicted molar refractivity (Wildman–Crippen MR) is 185 cm³/mol. The summed E-state index contributed by atoms with van der Waals surface area (Å²) in [6.45, 7) is 12.7. The van der Waals surface area contributed by atoms with E-state index in [1.165, 1.54) is 7.11 Å². The number of methoxy groups -OCH3 is 1. The predicted octanol–water partition coefficient (Wildman–Crippen LogP) is 3.18. The van der Waals surface area contributed by atoms with E-state index in [0.717, 1.165) is 0 Å². The molecule has 0 radical (unpaired) electrons. The molecule has 0 aromatic carbocycles. The second kappa shape index (κ2) is 26.9. The van der Waals surface area contributed by atoms with E-state index in [-0.39, 0.29) is 127 Å². The smallest absolute Gasteiger partial charge is 0.308 e. The Morgan fingerprint density at radius 1 is 0.549 bits per heavy atom. The first kappa shape index (κ1) is 46.2. The van der Waals surface area contributed by atoms with Crippen LogP contribution >= 0.6 is 0 Å². The number of hydrogen-bond donors (Lipinski definition) is 1. The monoisotopic (exact) mass is 733 g/mol. The summed E-state index contributed by atoms with van der Waals surface area (Å²) in [5.41, 5.74) is -1.24. The lowest BCUT2D eigenvalue weighted by Crippen LogP contribution is -2.59. The van der Waals surface area contributed by atoms with Crippen LogP contribution in [0.1, 0.15) is 86.5 Å². The number of esters is 4. The molecule has 0 unspecified atom stereocenters. The van der Waals surface area contributed by atoms with Gasteiger partial charge in [0.15, 0.2) is 0 Å². The van der Waals surface area contributed by atoms with Crippen molar-refractivity contribution in [2.24, 2.45) is 17.8 Å². The van der Waals surface area contributed by atoms with Crippen LogP contribution in [0.2, 0.25) is 0 Å². The summed E-state index contributed by atoms with van der Waals surface area (Å²) in [6, 6.07) is 0. The minimum Gasteiger partial charge on any atom is -0.469 e. The molecule has 51 heavy (non-hydrogen) atoms. The standard InChI is InChI=1S/C36H63NO14/c1-26(2)20-49-33(40)9-13-44-23-36(24-45-14-10-34(41)50-21-27(3)4,25-46-15-11-35(42)51-22-28(5)6)37-31(38)8-16-47-29-18-30(19-29)48-17-12-32(39)43-7/h26-30H,8-25H2,1-7H3,(H,37,38). The minimum absolute atomic E-state index is 0.00444. The van der Waals surface area contributed by atoms with Crippen LogP contribution < -0.4 is 5.32 Å². The zero-order chi connectivity index (χ0) is 38.1. The van der Waals surface area contributed by atoms with Gasteiger partial charge in [0.2, 0.25) is 5.91 Å². The highest BCUT2D eigenvalue weighted by Gasteiger charge is 2.35. The van der Waals surface area contributed by atoms with Crippen molar-refractivity contribution in [1.29, 1.82) is 0 Å². The lowest BCUT2D eigenvalue weighted by atomic mass is 9.92. The van der Waals surface area contributed by atoms with Gasteiger partial charge in [0, 0.05) is 6.42 Å². The quantitative estimate of drug-likeness (QED) is 0.0646. The maximum Gasteiger partial charge on any atom is 0.308 e. The third kappa shape index (κ3) is 24.1. The van der Waals surface area contributed by atoms with Crippen molar-refractivity contribution in [2.75, 3.05) is 79.8 Å². The summed E-state index contributed by atoms with van der Waals surface area (Å²) in [5.74, 6) is -1.34. The summed E-state index contributed by atoms with van der Waals surface area (Å²) < 4.78 is 49.4. The first-order valence-corrected chi connectivity index (χ1v) is 18.0. The average Bonchev–Trinajstić information content (AvgIpc) is 3.06. The van der Waals surface area contributed by atoms with Gasteiger partial charge in [-0.1, -0.05) is 41.5 Å². The van der Waals surface area contributed by atoms with Crippen molar-refractivity contribution >= 4 is 29.8 Å². The van der Waals surface area contributed by atoms with Crippen molar-refractivity contribution in [1.82, 2.24) is 5.32 Å². The molecule has 0 heterocycles. The average molecular weight is 734 g/mol. The summed E-state index contributed by atoms with van der Waals surface area (Å²) >= 11 is 0. The zero-order valence-corrected chi connectivity index (χ0v) is 31.8. The number of rotatable bonds is 30. The van der Waals surface area contributed by atoms with Crippen LogP contribution in [0.5, 0.6) is 0 Å². The number of amides is 1. The van der Waals surface area contributed by atoms with Crippen LogP contribution in [0.15, 0.2) is 0 Å². The van der Waals surface area contributed by atoms with Crippen molar-refractivity contribution in [2.45, 2.75) is 104 Å². The molecule has 15 nitrogen and oxygen atoms in total. The molecule has 1 aliphatic carbocycles. The number of carbonyl (C=O) groups excluding carboxylic acids is 5. The van der Waals surface area contributed by atoms with Gasteiger partial charge < -0.3 is 47.9 Å². The molecule has 1 saturated carbocycles. The van der Waals surface area contributed by atoms with Gasteiger partial charge in [-0.2, -0.15) is 0 Å². The Morgan fingerprint density at radius 2 is 0.902 bits per heavy atom. The van der Waals surface area contributed by atoms with Gasteiger partial charge in [-0.05, 0) is 30.6 Å². The molecule has 0 atom stereocenters. The van der Waals surface area contributed by atoms with Gasteiger partial charge in [-0.15, -0.1) is 0 Å². The Kier molecular flexibility index (Phi) is 24.3. The third-order valence-electron chi connectivity index (χ3n) is 7.25. The Labute approximate surface area is 303 Å². The molecule has 296 valence electrons. The maximum absolute atomic E-state index is 13.3. The molecule has 0 saturated heterocycles. The van der Waals surface area contributed by atoms with E-state index in [9.17, 15) is 24.0 Å². The Hall–Kier alpha value is -2.85. The van der Waals surface area contributed by atoms with E-state index in [2.05, 4.69) is 10.1 Å². The van der Waals surface area contributed by atoms with E-state index >= 15 is 0 Å². The van der Waals surface area contributed by atoms with Crippen LogP contribution in [-0.2, 0) is 66.6 Å². The molecule has 0 aromatic rings. The Morgan fingerprint density at radius 3 is 1.25 bits per heavy atom. The van der Waals surface area contributed by atoms with Crippen molar-refractivity contribution in [3.63, 3.8) is 0 Å². The molecule has 1 N–H and O–H groups in total. The van der Waals surface area contributed by atoms with Crippen LogP contribution in [0.25, 0.3) is 0 Å². The molecule has 0 bridgehead atoms. The van der Waals surface area contributed by atoms with Gasteiger partial charge in [-0.25, -0.2) is 0 Å². The highest BCUT2D eigenvalue weighted by atomic mass is 16.6. The van der Waals surface area contributed by atoms with Gasteiger partial charge in [-0.3, -0.25) is 24.0 Å². The fourth-order valence-electron chi connectivity index (χ4n) is 4.37. The Balaban J connectivity index is 2.84. The van der Waals surface area contributed by atoms with E-state index in [4.69, 9.17) is 37.9 Å². The number of nitrogens with one attached hydrogen (secondary N) is 1. The van der Waals surface area contributed by atoms with E-state index in [1.54, 1.807) is 0 Å². The van der Waals surface area contributed by atoms with Gasteiger partial charge in [0.1, 0.15) is 5.54 Å². The first-order chi connectivity index (χ1) is 24.2. The molecule has 1 rings (SSSR count). The van der Waals surface area contributed by atoms with Crippen LogP contribution in [0.3, 0.4) is 0 Å². The molecule has 1 fully saturated rings. The molecule has 0 aromatic heterocycles. The minimum atomic E-state index is -1.24. The lowest BCUT2D eigenvalue weighted by Gasteiger charge is -2.35. The van der Waals surface area contributed by atoms with Gasteiger partial charge in [0.05, 0.1) is 118 Å². The van der Waals surface area contributed by atoms with E-state index in [1.807, 2.05) is 41.5 Å². The van der Waals surface area contributed by atoms with Crippen LogP contribution in [-0.4, -0.2) is 127 Å². The van der Waals surface area contributed by atoms with Crippen LogP contribution in [0, 0.1) is 17.8 Å². The summed E-state index contributed by atoms with van der Waals surface area (Å²) in [5, 5.41) is 2.97. The summed E-state index contributed by atoms with van der Waals surface area (Å²) in [4.78, 5) is 61.0. The lowest BCUT2D eigenvalue weighted by molar-refractivity contribution is -0.148. The van der Waals surface area contributed by atoms with Crippen molar-refractivity contribution in [3.05, 3.63) is 0 Å². The van der Waals surface area contributed by atoms with E-state index in [0.29, 0.717) is 32.7 Å². The highest BCUT2D eigenvalue weighted by Crippen LogP contribution is 2.26. The topological polar surface area (TPSA) is 180 Å². The second-order valence-electron chi connectivity index (χ2n) is 14.0. The number of carbonyl (C=O) groups is 5. The number of hydrogen-bond acceptors (Lipinski definition) is 14. The third-order valence-corrected chi connectivity index (χ3v) is 7.25. The second-order valence-corrected chi connectivity index (χ2v) is 14.0. The molecular weight excluding hydrogens is 670 g/mol. The van der Waals surface area contributed by atoms with Crippen molar-refractivity contribution < 1.29 is 66.6 Å². The van der Waals surface area contributed by atoms with Crippen molar-refractivity contribution in [3.8, 4) is 0 Å². The molecule has 1 amide bonds. The first-order valence-electron chi connectivity index (χ1n) is 18.0. The molecule has 0 spiro atoms. The number of ether oxygens (including phenoxy) is 9. The largest absolute Gasteiger partial charge is 0.469 e. The summed E-state index contributed by atoms with van der Waals surface area (Å²) in [6.07, 6.45) is 1.45. The molecular formula is C36H63NO14. The fourth-order valence-corrected chi connectivity index (χ4v) is 4.37. The molecule has 15 heteroatoms. The summed E-state index contributed by atoms with van der Waals surface area (Å²) in [7, 11) is 1.33. The highest BCUT2D eigenvalue weighted by molar-refractivity contribution is 5.77. The SMILES string of the molecule is COC(=O)CCOC1CC(OCCC(=O)NC(COCCC(=O)OCC(C)C)(COCCC(=O)OCC(C)C)COCCC(=O)OCC(C)C)C1. The molecule has 1 aliphatic rings. The van der Waals surface area contributed by atoms with Gasteiger partial charge >= 0.3 is 23.9 Å². The van der Waals surface area contributed by atoms with Crippen LogP contribution in [0.4, 0.5) is 0 Å². The fraction of sp³-hybridized carbons (Fsp3) is 0.861.